The van der Waals surface area contributed by atoms with Crippen molar-refractivity contribution in [2.24, 2.45) is 0 Å². The zero-order valence-electron chi connectivity index (χ0n) is 19.9. The number of rotatable bonds is 7. The Kier molecular flexibility index (Phi) is 8.24. The third-order valence-electron chi connectivity index (χ3n) is 5.85. The first kappa shape index (κ1) is 26.3. The molecule has 2 aromatic rings. The molecule has 1 aliphatic rings. The molecule has 0 bridgehead atoms. The first-order chi connectivity index (χ1) is 15.0. The molecule has 2 N–H and O–H groups in total. The highest BCUT2D eigenvalue weighted by molar-refractivity contribution is 8.93. The fourth-order valence-corrected chi connectivity index (χ4v) is 3.94. The maximum Gasteiger partial charge on any atom is 0.219 e. The van der Waals surface area contributed by atoms with E-state index in [4.69, 9.17) is 10.1 Å². The van der Waals surface area contributed by atoms with Gasteiger partial charge in [0.15, 0.2) is 5.78 Å². The second kappa shape index (κ2) is 10.3. The van der Waals surface area contributed by atoms with E-state index in [0.29, 0.717) is 35.5 Å². The molecule has 8 nitrogen and oxygen atoms in total. The number of nitrogens with one attached hydrogen (secondary N) is 1. The van der Waals surface area contributed by atoms with Crippen molar-refractivity contribution < 1.29 is 19.4 Å². The van der Waals surface area contributed by atoms with Crippen molar-refractivity contribution in [3.63, 3.8) is 0 Å². The molecule has 178 valence electrons. The molecule has 1 aromatic carbocycles. The molecule has 3 rings (SSSR count). The number of ether oxygens (including phenoxy) is 1. The Labute approximate surface area is 204 Å². The van der Waals surface area contributed by atoms with Crippen LogP contribution in [0, 0.1) is 26.2 Å². The largest absolute Gasteiger partial charge is 0.507 e. The molecule has 9 heteroatoms. The molecule has 0 saturated carbocycles. The van der Waals surface area contributed by atoms with Gasteiger partial charge in [0, 0.05) is 49.3 Å². The number of fused-ring (bicyclic) bond motifs is 1. The van der Waals surface area contributed by atoms with E-state index in [9.17, 15) is 14.7 Å². The molecule has 33 heavy (non-hydrogen) atoms. The van der Waals surface area contributed by atoms with Crippen LogP contribution in [-0.4, -0.2) is 57.6 Å². The number of hydrogen-bond donors (Lipinski definition) is 2. The Morgan fingerprint density at radius 1 is 1.27 bits per heavy atom. The molecular weight excluding hydrogens is 488 g/mol. The minimum atomic E-state index is -0.170. The highest BCUT2D eigenvalue weighted by atomic mass is 79.9. The Hall–Kier alpha value is -2.94. The zero-order chi connectivity index (χ0) is 23.7. The summed E-state index contributed by atoms with van der Waals surface area (Å²) >= 11 is 0. The van der Waals surface area contributed by atoms with Gasteiger partial charge in [0.05, 0.1) is 18.8 Å². The molecule has 0 unspecified atom stereocenters. The summed E-state index contributed by atoms with van der Waals surface area (Å²) in [6, 6.07) is 3.26. The highest BCUT2D eigenvalue weighted by Crippen LogP contribution is 2.33. The van der Waals surface area contributed by atoms with Crippen molar-refractivity contribution >= 4 is 34.5 Å². The predicted octanol–water partition coefficient (Wildman–Crippen LogP) is 3.69. The summed E-state index contributed by atoms with van der Waals surface area (Å²) in [6.45, 7) is 10.1. The molecule has 0 spiro atoms. The molecule has 1 aromatic heterocycles. The molecule has 0 aliphatic carbocycles. The van der Waals surface area contributed by atoms with Crippen LogP contribution in [0.15, 0.2) is 12.1 Å². The monoisotopic (exact) mass is 518 g/mol. The van der Waals surface area contributed by atoms with Crippen LogP contribution in [0.3, 0.4) is 0 Å². The number of aromatic hydroxyl groups is 1. The number of carbonyl (C=O) groups is 2. The van der Waals surface area contributed by atoms with Gasteiger partial charge in [0.1, 0.15) is 23.0 Å². The summed E-state index contributed by atoms with van der Waals surface area (Å²) in [5, 5.41) is 18.9. The number of benzene rings is 1. The standard InChI is InChI=1S/C24H30N4O4.BrH/c1-7-32-23-14(3)19-11-28(24(25)21(19)26-15(23)4)12-20(30)17-8-13(2)22(31)18(9-17)10-27(6)16(5)29;/h8-9,25,31H,7,10-12H2,1-6H3;1H. The molecule has 1 amide bonds. The second-order valence-corrected chi connectivity index (χ2v) is 8.22. The number of phenolic OH excluding ortho intramolecular Hbond substituents is 1. The molecule has 2 heterocycles. The van der Waals surface area contributed by atoms with Gasteiger partial charge in [0.25, 0.3) is 0 Å². The topological polar surface area (TPSA) is 107 Å². The van der Waals surface area contributed by atoms with Crippen LogP contribution in [0.1, 0.15) is 57.8 Å². The maximum absolute atomic E-state index is 13.1. The summed E-state index contributed by atoms with van der Waals surface area (Å²) in [5.74, 6) is 0.730. The highest BCUT2D eigenvalue weighted by Gasteiger charge is 2.31. The minimum absolute atomic E-state index is 0. The first-order valence-corrected chi connectivity index (χ1v) is 10.6. The van der Waals surface area contributed by atoms with Crippen molar-refractivity contribution in [1.82, 2.24) is 14.8 Å². The summed E-state index contributed by atoms with van der Waals surface area (Å²) in [4.78, 5) is 32.4. The zero-order valence-corrected chi connectivity index (χ0v) is 21.6. The fraction of sp³-hybridized carbons (Fsp3) is 0.417. The Bertz CT molecular complexity index is 1120. The molecule has 0 atom stereocenters. The lowest BCUT2D eigenvalue weighted by atomic mass is 10.0. The van der Waals surface area contributed by atoms with Gasteiger partial charge in [-0.1, -0.05) is 0 Å². The van der Waals surface area contributed by atoms with E-state index in [2.05, 4.69) is 4.98 Å². The molecular formula is C24H31BrN4O4. The lowest BCUT2D eigenvalue weighted by Gasteiger charge is -2.19. The number of aryl methyl sites for hydroxylation is 2. The van der Waals surface area contributed by atoms with Crippen LogP contribution in [0.4, 0.5) is 0 Å². The average molecular weight is 519 g/mol. The van der Waals surface area contributed by atoms with Crippen molar-refractivity contribution in [3.05, 3.63) is 51.3 Å². The van der Waals surface area contributed by atoms with E-state index in [1.807, 2.05) is 20.8 Å². The van der Waals surface area contributed by atoms with Crippen molar-refractivity contribution in [2.75, 3.05) is 20.2 Å². The number of Topliss-reactive ketones (excluding diaryl/α,β-unsaturated/α-hetero) is 1. The van der Waals surface area contributed by atoms with Gasteiger partial charge in [-0.2, -0.15) is 0 Å². The molecule has 0 fully saturated rings. The van der Waals surface area contributed by atoms with E-state index in [1.54, 1.807) is 31.0 Å². The van der Waals surface area contributed by atoms with Gasteiger partial charge in [0.2, 0.25) is 5.91 Å². The predicted molar refractivity (Wildman–Crippen MR) is 132 cm³/mol. The SMILES string of the molecule is Br.CCOc1c(C)nc2c(c1C)CN(CC(=O)c1cc(C)c(O)c(CN(C)C(C)=O)c1)C2=N. The van der Waals surface area contributed by atoms with Crippen LogP contribution in [0.5, 0.6) is 11.5 Å². The van der Waals surface area contributed by atoms with Crippen LogP contribution in [0.25, 0.3) is 0 Å². The van der Waals surface area contributed by atoms with Gasteiger partial charge < -0.3 is 19.6 Å². The number of phenols is 1. The maximum atomic E-state index is 13.1. The lowest BCUT2D eigenvalue weighted by molar-refractivity contribution is -0.128. The normalized spacial score (nSPS) is 12.3. The smallest absolute Gasteiger partial charge is 0.219 e. The van der Waals surface area contributed by atoms with E-state index in [1.165, 1.54) is 11.8 Å². The van der Waals surface area contributed by atoms with Gasteiger partial charge in [-0.3, -0.25) is 15.0 Å². The Balaban J connectivity index is 0.00000385. The van der Waals surface area contributed by atoms with Gasteiger partial charge in [-0.25, -0.2) is 4.98 Å². The number of nitrogens with zero attached hydrogens (tertiary/aromatic N) is 3. The van der Waals surface area contributed by atoms with Crippen LogP contribution in [0.2, 0.25) is 0 Å². The number of pyridine rings is 1. The van der Waals surface area contributed by atoms with Gasteiger partial charge in [-0.05, 0) is 45.4 Å². The number of carbonyl (C=O) groups excluding carboxylic acids is 2. The van der Waals surface area contributed by atoms with Gasteiger partial charge >= 0.3 is 0 Å². The first-order valence-electron chi connectivity index (χ1n) is 10.6. The van der Waals surface area contributed by atoms with Crippen molar-refractivity contribution in [1.29, 1.82) is 5.41 Å². The lowest BCUT2D eigenvalue weighted by Crippen LogP contribution is -2.30. The third kappa shape index (κ3) is 5.19. The molecule has 0 saturated heterocycles. The Morgan fingerprint density at radius 2 is 1.94 bits per heavy atom. The van der Waals surface area contributed by atoms with E-state index in [0.717, 1.165) is 22.6 Å². The number of halogens is 1. The quantitative estimate of drug-likeness (QED) is 0.541. The fourth-order valence-electron chi connectivity index (χ4n) is 3.94. The number of amides is 1. The van der Waals surface area contributed by atoms with Crippen LogP contribution in [-0.2, 0) is 17.9 Å². The average Bonchev–Trinajstić information content (AvgIpc) is 3.04. The molecule has 0 radical (unpaired) electrons. The number of amidine groups is 1. The van der Waals surface area contributed by atoms with Crippen molar-refractivity contribution in [3.8, 4) is 11.5 Å². The second-order valence-electron chi connectivity index (χ2n) is 8.22. The summed E-state index contributed by atoms with van der Waals surface area (Å²) in [7, 11) is 1.64. The number of ketones is 1. The van der Waals surface area contributed by atoms with Crippen LogP contribution < -0.4 is 4.74 Å². The summed E-state index contributed by atoms with van der Waals surface area (Å²) in [6.07, 6.45) is 0. The number of aromatic nitrogens is 1. The van der Waals surface area contributed by atoms with Crippen molar-refractivity contribution in [2.45, 2.75) is 47.7 Å². The minimum Gasteiger partial charge on any atom is -0.507 e. The third-order valence-corrected chi connectivity index (χ3v) is 5.85. The van der Waals surface area contributed by atoms with E-state index >= 15 is 0 Å². The summed E-state index contributed by atoms with van der Waals surface area (Å²) in [5.41, 5.74) is 4.69. The summed E-state index contributed by atoms with van der Waals surface area (Å²) < 4.78 is 5.73. The van der Waals surface area contributed by atoms with Crippen LogP contribution >= 0.6 is 17.0 Å². The van der Waals surface area contributed by atoms with Gasteiger partial charge in [-0.15, -0.1) is 17.0 Å². The Morgan fingerprint density at radius 3 is 2.55 bits per heavy atom. The number of hydrogen-bond acceptors (Lipinski definition) is 6. The molecule has 1 aliphatic heterocycles. The van der Waals surface area contributed by atoms with E-state index < -0.39 is 0 Å². The van der Waals surface area contributed by atoms with E-state index in [-0.39, 0.29) is 53.3 Å².